The molecule has 0 saturated carbocycles. The molecule has 64 heavy (non-hydrogen) atoms. The summed E-state index contributed by atoms with van der Waals surface area (Å²) >= 11 is 0. The third-order valence-corrected chi connectivity index (χ3v) is 12.8. The zero-order valence-electron chi connectivity index (χ0n) is 35.4. The highest BCUT2D eigenvalue weighted by Crippen LogP contribution is 2.53. The van der Waals surface area contributed by atoms with Crippen molar-refractivity contribution in [1.29, 1.82) is 0 Å². The van der Waals surface area contributed by atoms with E-state index in [-0.39, 0.29) is 5.41 Å². The first-order valence-corrected chi connectivity index (χ1v) is 21.8. The van der Waals surface area contributed by atoms with Crippen molar-refractivity contribution in [2.75, 3.05) is 0 Å². The second-order valence-electron chi connectivity index (χ2n) is 17.0. The van der Waals surface area contributed by atoms with E-state index in [1.54, 1.807) is 0 Å². The molecule has 0 saturated heterocycles. The van der Waals surface area contributed by atoms with Gasteiger partial charge in [0.05, 0.1) is 39.5 Å². The molecule has 0 unspecified atom stereocenters. The molecule has 3 aromatic heterocycles. The van der Waals surface area contributed by atoms with Crippen molar-refractivity contribution in [3.05, 3.63) is 223 Å². The van der Waals surface area contributed by atoms with E-state index in [4.69, 9.17) is 19.9 Å². The normalized spacial score (nSPS) is 12.7. The topological polar surface area (TPSA) is 56.5 Å². The smallest absolute Gasteiger partial charge is 0.162 e. The molecule has 5 heteroatoms. The molecule has 0 aliphatic heterocycles. The van der Waals surface area contributed by atoms with Gasteiger partial charge in [0.25, 0.3) is 0 Å². The van der Waals surface area contributed by atoms with Gasteiger partial charge in [-0.15, -0.1) is 0 Å². The second-order valence-corrected chi connectivity index (χ2v) is 17.0. The van der Waals surface area contributed by atoms with E-state index in [1.807, 2.05) is 36.4 Å². The van der Waals surface area contributed by atoms with E-state index in [0.29, 0.717) is 11.6 Å². The van der Waals surface area contributed by atoms with Crippen LogP contribution in [0, 0.1) is 0 Å². The lowest BCUT2D eigenvalue weighted by atomic mass is 9.82. The van der Waals surface area contributed by atoms with Gasteiger partial charge in [0.1, 0.15) is 0 Å². The van der Waals surface area contributed by atoms with Crippen LogP contribution in [-0.4, -0.2) is 24.5 Å². The molecule has 0 N–H and O–H groups in total. The Morgan fingerprint density at radius 2 is 0.859 bits per heavy atom. The SMILES string of the molecule is CC1(C)c2ccccc2-c2c1ccc1c3ccccc3n(-c3ccc(-c4cc(-c5ccccc5)nc(-c5ccccc5)n4)cc3-c3nc(-c4ccccc4)cc(-c4ccccc4)n3)c21. The van der Waals surface area contributed by atoms with Gasteiger partial charge in [-0.1, -0.05) is 196 Å². The Labute approximate surface area is 372 Å². The molecule has 1 aliphatic carbocycles. The van der Waals surface area contributed by atoms with Crippen molar-refractivity contribution in [3.8, 4) is 84.6 Å². The summed E-state index contributed by atoms with van der Waals surface area (Å²) in [7, 11) is 0. The lowest BCUT2D eigenvalue weighted by Gasteiger charge is -2.21. The Hall–Kier alpha value is -8.28. The molecule has 8 aromatic carbocycles. The summed E-state index contributed by atoms with van der Waals surface area (Å²) < 4.78 is 2.46. The average molecular weight is 820 g/mol. The van der Waals surface area contributed by atoms with Gasteiger partial charge in [-0.05, 0) is 47.0 Å². The monoisotopic (exact) mass is 819 g/mol. The predicted octanol–water partition coefficient (Wildman–Crippen LogP) is 14.7. The van der Waals surface area contributed by atoms with Crippen LogP contribution >= 0.6 is 0 Å². The van der Waals surface area contributed by atoms with Crippen LogP contribution in [0.5, 0.6) is 0 Å². The van der Waals surface area contributed by atoms with Crippen molar-refractivity contribution in [1.82, 2.24) is 24.5 Å². The molecule has 11 aromatic rings. The first-order valence-electron chi connectivity index (χ1n) is 21.8. The van der Waals surface area contributed by atoms with E-state index < -0.39 is 0 Å². The summed E-state index contributed by atoms with van der Waals surface area (Å²) in [6.45, 7) is 4.69. The first-order chi connectivity index (χ1) is 31.5. The van der Waals surface area contributed by atoms with Gasteiger partial charge < -0.3 is 4.57 Å². The standard InChI is InChI=1S/C59H41N5/c1-59(2)47-29-17-15-28-45(47)55-48(59)33-32-44-43-27-16-18-30-53(43)64(56(44)55)54-34-31-42(52-37-49(38-19-7-3-8-20-38)60-57(61-52)41-25-13-6-14-26-41)35-46(54)58-62-50(39-21-9-4-10-22-39)36-51(63-58)40-23-11-5-12-24-40/h3-37H,1-2H3. The Bertz CT molecular complexity index is 3440. The third kappa shape index (κ3) is 6.16. The van der Waals surface area contributed by atoms with Crippen LogP contribution in [-0.2, 0) is 5.41 Å². The van der Waals surface area contributed by atoms with Crippen LogP contribution in [0.3, 0.4) is 0 Å². The Morgan fingerprint density at radius 3 is 1.47 bits per heavy atom. The van der Waals surface area contributed by atoms with Gasteiger partial charge in [-0.2, -0.15) is 0 Å². The molecule has 0 spiro atoms. The summed E-state index contributed by atoms with van der Waals surface area (Å²) in [6, 6.07) is 74.6. The summed E-state index contributed by atoms with van der Waals surface area (Å²) in [5, 5.41) is 2.40. The summed E-state index contributed by atoms with van der Waals surface area (Å²) in [5.74, 6) is 1.28. The fourth-order valence-electron chi connectivity index (χ4n) is 9.71. The van der Waals surface area contributed by atoms with E-state index in [0.717, 1.165) is 67.4 Å². The minimum absolute atomic E-state index is 0.175. The predicted molar refractivity (Wildman–Crippen MR) is 262 cm³/mol. The summed E-state index contributed by atoms with van der Waals surface area (Å²) in [4.78, 5) is 21.3. The fraction of sp³-hybridized carbons (Fsp3) is 0.0508. The Morgan fingerprint density at radius 1 is 0.359 bits per heavy atom. The fourth-order valence-corrected chi connectivity index (χ4v) is 9.71. The number of fused-ring (bicyclic) bond motifs is 7. The first kappa shape index (κ1) is 37.5. The molecule has 0 bridgehead atoms. The molecule has 1 aliphatic rings. The van der Waals surface area contributed by atoms with E-state index in [9.17, 15) is 0 Å². The highest BCUT2D eigenvalue weighted by molar-refractivity contribution is 6.16. The maximum Gasteiger partial charge on any atom is 0.162 e. The molecule has 0 fully saturated rings. The van der Waals surface area contributed by atoms with Crippen LogP contribution < -0.4 is 0 Å². The lowest BCUT2D eigenvalue weighted by molar-refractivity contribution is 0.661. The van der Waals surface area contributed by atoms with Crippen molar-refractivity contribution in [2.45, 2.75) is 19.3 Å². The molecule has 302 valence electrons. The average Bonchev–Trinajstić information content (AvgIpc) is 3.82. The van der Waals surface area contributed by atoms with E-state index in [2.05, 4.69) is 194 Å². The van der Waals surface area contributed by atoms with Crippen LogP contribution in [0.1, 0.15) is 25.0 Å². The molecule has 0 radical (unpaired) electrons. The molecular weight excluding hydrogens is 779 g/mol. The van der Waals surface area contributed by atoms with Crippen molar-refractivity contribution < 1.29 is 0 Å². The van der Waals surface area contributed by atoms with E-state index in [1.165, 1.54) is 38.5 Å². The molecule has 0 amide bonds. The van der Waals surface area contributed by atoms with Crippen LogP contribution in [0.2, 0.25) is 0 Å². The van der Waals surface area contributed by atoms with E-state index >= 15 is 0 Å². The number of hydrogen-bond acceptors (Lipinski definition) is 4. The highest BCUT2D eigenvalue weighted by atomic mass is 15.0. The van der Waals surface area contributed by atoms with Gasteiger partial charge >= 0.3 is 0 Å². The quantitative estimate of drug-likeness (QED) is 0.161. The van der Waals surface area contributed by atoms with Gasteiger partial charge in [0, 0.05) is 55.1 Å². The highest BCUT2D eigenvalue weighted by Gasteiger charge is 2.37. The van der Waals surface area contributed by atoms with Crippen molar-refractivity contribution in [2.24, 2.45) is 0 Å². The summed E-state index contributed by atoms with van der Waals surface area (Å²) in [6.07, 6.45) is 0. The number of benzene rings is 8. The maximum absolute atomic E-state index is 5.47. The number of aromatic nitrogens is 5. The third-order valence-electron chi connectivity index (χ3n) is 12.8. The minimum atomic E-state index is -0.175. The lowest BCUT2D eigenvalue weighted by Crippen LogP contribution is -2.14. The van der Waals surface area contributed by atoms with Gasteiger partial charge in [-0.25, -0.2) is 19.9 Å². The Balaban J connectivity index is 1.19. The zero-order valence-corrected chi connectivity index (χ0v) is 35.4. The largest absolute Gasteiger partial charge is 0.308 e. The molecule has 12 rings (SSSR count). The van der Waals surface area contributed by atoms with Gasteiger partial charge in [0.15, 0.2) is 11.6 Å². The van der Waals surface area contributed by atoms with Crippen LogP contribution in [0.15, 0.2) is 212 Å². The number of hydrogen-bond donors (Lipinski definition) is 0. The van der Waals surface area contributed by atoms with Crippen LogP contribution in [0.4, 0.5) is 0 Å². The zero-order chi connectivity index (χ0) is 42.8. The van der Waals surface area contributed by atoms with Crippen molar-refractivity contribution in [3.63, 3.8) is 0 Å². The molecule has 0 atom stereocenters. The van der Waals surface area contributed by atoms with Crippen LogP contribution in [0.25, 0.3) is 106 Å². The van der Waals surface area contributed by atoms with Gasteiger partial charge in [0.2, 0.25) is 0 Å². The minimum Gasteiger partial charge on any atom is -0.308 e. The molecule has 5 nitrogen and oxygen atoms in total. The van der Waals surface area contributed by atoms with Gasteiger partial charge in [-0.3, -0.25) is 0 Å². The second kappa shape index (κ2) is 15.0. The summed E-state index contributed by atoms with van der Waals surface area (Å²) in [5.41, 5.74) is 17.5. The maximum atomic E-state index is 5.47. The number of para-hydroxylation sites is 1. The molecular formula is C59H41N5. The molecule has 3 heterocycles. The number of rotatable bonds is 7. The van der Waals surface area contributed by atoms with Crippen molar-refractivity contribution >= 4 is 21.8 Å². The number of nitrogens with zero attached hydrogens (tertiary/aromatic N) is 5. The Kier molecular flexibility index (Phi) is 8.76.